The molecule has 1 aliphatic rings. The van der Waals surface area contributed by atoms with Gasteiger partial charge in [-0.1, -0.05) is 42.9 Å². The number of carboxylic acid groups (broad SMARTS) is 1. The summed E-state index contributed by atoms with van der Waals surface area (Å²) in [5.41, 5.74) is 0. The molecule has 1 atom stereocenters. The minimum absolute atomic E-state index is 0.0560. The number of aliphatic carboxylic acids is 1. The van der Waals surface area contributed by atoms with Crippen LogP contribution >= 0.6 is 0 Å². The van der Waals surface area contributed by atoms with E-state index in [0.29, 0.717) is 0 Å². The van der Waals surface area contributed by atoms with Crippen molar-refractivity contribution in [2.75, 3.05) is 6.54 Å². The molecule has 0 fully saturated rings. The van der Waals surface area contributed by atoms with Crippen molar-refractivity contribution in [1.82, 2.24) is 5.32 Å². The van der Waals surface area contributed by atoms with Crippen molar-refractivity contribution in [2.24, 2.45) is 0 Å². The molecular formula is C17H27NO2. The fraction of sp³-hybridized carbons (Fsp3) is 0.588. The lowest BCUT2D eigenvalue weighted by molar-refractivity contribution is -0.137. The molecule has 2 N–H and O–H groups in total. The van der Waals surface area contributed by atoms with E-state index in [9.17, 15) is 4.79 Å². The SMILES string of the molecule is O=C(O)CC1C/C=C/C/C=C\C/C=C/CCCCCN1. The Labute approximate surface area is 122 Å². The highest BCUT2D eigenvalue weighted by Gasteiger charge is 2.10. The Morgan fingerprint density at radius 1 is 1.00 bits per heavy atom. The van der Waals surface area contributed by atoms with Crippen LogP contribution in [0.2, 0.25) is 0 Å². The lowest BCUT2D eigenvalue weighted by Gasteiger charge is -2.15. The van der Waals surface area contributed by atoms with Crippen LogP contribution in [0.25, 0.3) is 0 Å². The zero-order chi connectivity index (χ0) is 14.5. The Hall–Kier alpha value is -1.35. The van der Waals surface area contributed by atoms with E-state index in [1.807, 2.05) is 0 Å². The van der Waals surface area contributed by atoms with Gasteiger partial charge in [-0.2, -0.15) is 0 Å². The normalized spacial score (nSPS) is 27.5. The minimum atomic E-state index is -0.727. The fourth-order valence-electron chi connectivity index (χ4n) is 2.24. The van der Waals surface area contributed by atoms with Crippen LogP contribution in [0.3, 0.4) is 0 Å². The molecule has 0 aromatic heterocycles. The second-order valence-corrected chi connectivity index (χ2v) is 5.22. The van der Waals surface area contributed by atoms with Gasteiger partial charge in [0.15, 0.2) is 0 Å². The van der Waals surface area contributed by atoms with Crippen LogP contribution in [-0.2, 0) is 4.79 Å². The van der Waals surface area contributed by atoms with Gasteiger partial charge in [0, 0.05) is 6.04 Å². The second kappa shape index (κ2) is 11.5. The summed E-state index contributed by atoms with van der Waals surface area (Å²) in [5.74, 6) is -0.727. The highest BCUT2D eigenvalue weighted by atomic mass is 16.4. The standard InChI is InChI=1S/C17H27NO2/c19-17(20)15-16-13-11-9-7-5-3-1-2-4-6-8-10-12-14-18-16/h2-5,9,11,16,18H,1,6-8,10,12-15H2,(H,19,20)/b4-2+,5-3-,11-9+. The number of allylic oxidation sites excluding steroid dienone is 5. The van der Waals surface area contributed by atoms with Gasteiger partial charge in [0.25, 0.3) is 0 Å². The third-order valence-corrected chi connectivity index (χ3v) is 3.37. The molecule has 0 amide bonds. The Morgan fingerprint density at radius 2 is 1.70 bits per heavy atom. The van der Waals surface area contributed by atoms with Crippen molar-refractivity contribution < 1.29 is 9.90 Å². The summed E-state index contributed by atoms with van der Waals surface area (Å²) < 4.78 is 0. The molecule has 1 heterocycles. The number of rotatable bonds is 2. The van der Waals surface area contributed by atoms with Crippen LogP contribution in [0.15, 0.2) is 36.5 Å². The van der Waals surface area contributed by atoms with Crippen LogP contribution in [-0.4, -0.2) is 23.7 Å². The molecule has 0 spiro atoms. The highest BCUT2D eigenvalue weighted by Crippen LogP contribution is 2.05. The van der Waals surface area contributed by atoms with E-state index in [-0.39, 0.29) is 12.5 Å². The minimum Gasteiger partial charge on any atom is -0.481 e. The number of hydrogen-bond donors (Lipinski definition) is 2. The van der Waals surface area contributed by atoms with Gasteiger partial charge in [0.2, 0.25) is 0 Å². The van der Waals surface area contributed by atoms with E-state index in [1.165, 1.54) is 12.8 Å². The van der Waals surface area contributed by atoms with E-state index >= 15 is 0 Å². The largest absolute Gasteiger partial charge is 0.481 e. The van der Waals surface area contributed by atoms with Crippen LogP contribution in [0.4, 0.5) is 0 Å². The molecule has 1 rings (SSSR count). The first-order chi connectivity index (χ1) is 9.79. The lowest BCUT2D eigenvalue weighted by Crippen LogP contribution is -2.31. The summed E-state index contributed by atoms with van der Waals surface area (Å²) in [5, 5.41) is 12.3. The van der Waals surface area contributed by atoms with E-state index in [1.54, 1.807) is 0 Å². The predicted molar refractivity (Wildman–Crippen MR) is 83.8 cm³/mol. The van der Waals surface area contributed by atoms with Crippen molar-refractivity contribution in [3.05, 3.63) is 36.5 Å². The van der Waals surface area contributed by atoms with Gasteiger partial charge >= 0.3 is 5.97 Å². The second-order valence-electron chi connectivity index (χ2n) is 5.22. The van der Waals surface area contributed by atoms with Gasteiger partial charge in [-0.25, -0.2) is 0 Å². The topological polar surface area (TPSA) is 49.3 Å². The molecule has 1 aliphatic heterocycles. The van der Waals surface area contributed by atoms with Gasteiger partial charge in [-0.3, -0.25) is 4.79 Å². The summed E-state index contributed by atoms with van der Waals surface area (Å²) >= 11 is 0. The van der Waals surface area contributed by atoms with Crippen LogP contribution in [0.1, 0.15) is 51.4 Å². The molecule has 112 valence electrons. The van der Waals surface area contributed by atoms with Crippen molar-refractivity contribution in [2.45, 2.75) is 57.4 Å². The Kier molecular flexibility index (Phi) is 9.58. The van der Waals surface area contributed by atoms with Crippen molar-refractivity contribution in [3.63, 3.8) is 0 Å². The quantitative estimate of drug-likeness (QED) is 0.754. The number of carbonyl (C=O) groups is 1. The smallest absolute Gasteiger partial charge is 0.304 e. The number of carboxylic acids is 1. The number of nitrogens with one attached hydrogen (secondary N) is 1. The first-order valence-corrected chi connectivity index (χ1v) is 7.69. The average molecular weight is 277 g/mol. The summed E-state index contributed by atoms with van der Waals surface area (Å²) in [7, 11) is 0. The van der Waals surface area contributed by atoms with E-state index < -0.39 is 5.97 Å². The summed E-state index contributed by atoms with van der Waals surface area (Å²) in [6.45, 7) is 0.912. The third-order valence-electron chi connectivity index (χ3n) is 3.37. The highest BCUT2D eigenvalue weighted by molar-refractivity contribution is 5.67. The fourth-order valence-corrected chi connectivity index (χ4v) is 2.24. The van der Waals surface area contributed by atoms with E-state index in [2.05, 4.69) is 41.8 Å². The van der Waals surface area contributed by atoms with Gasteiger partial charge < -0.3 is 10.4 Å². The summed E-state index contributed by atoms with van der Waals surface area (Å²) in [4.78, 5) is 10.8. The predicted octanol–water partition coefficient (Wildman–Crippen LogP) is 3.83. The molecule has 0 aromatic rings. The van der Waals surface area contributed by atoms with Gasteiger partial charge in [0.1, 0.15) is 0 Å². The molecule has 0 saturated heterocycles. The molecule has 20 heavy (non-hydrogen) atoms. The maximum Gasteiger partial charge on any atom is 0.304 e. The Morgan fingerprint density at radius 3 is 2.45 bits per heavy atom. The monoisotopic (exact) mass is 277 g/mol. The van der Waals surface area contributed by atoms with Gasteiger partial charge in [-0.05, 0) is 45.1 Å². The summed E-state index contributed by atoms with van der Waals surface area (Å²) in [6.07, 6.45) is 20.6. The lowest BCUT2D eigenvalue weighted by atomic mass is 10.1. The third kappa shape index (κ3) is 9.56. The maximum atomic E-state index is 10.8. The maximum absolute atomic E-state index is 10.8. The first-order valence-electron chi connectivity index (χ1n) is 7.69. The Bertz CT molecular complexity index is 345. The van der Waals surface area contributed by atoms with Crippen LogP contribution in [0.5, 0.6) is 0 Å². The molecule has 3 heteroatoms. The van der Waals surface area contributed by atoms with Crippen LogP contribution < -0.4 is 5.32 Å². The molecule has 0 saturated carbocycles. The molecule has 0 bridgehead atoms. The van der Waals surface area contributed by atoms with Gasteiger partial charge in [0.05, 0.1) is 6.42 Å². The van der Waals surface area contributed by atoms with Crippen molar-refractivity contribution in [1.29, 1.82) is 0 Å². The molecule has 0 aliphatic carbocycles. The first kappa shape index (κ1) is 16.7. The van der Waals surface area contributed by atoms with Crippen molar-refractivity contribution >= 4 is 5.97 Å². The number of hydrogen-bond acceptors (Lipinski definition) is 2. The molecule has 3 nitrogen and oxygen atoms in total. The molecular weight excluding hydrogens is 250 g/mol. The molecule has 0 aromatic carbocycles. The van der Waals surface area contributed by atoms with Gasteiger partial charge in [-0.15, -0.1) is 0 Å². The van der Waals surface area contributed by atoms with Crippen LogP contribution in [0, 0.1) is 0 Å². The average Bonchev–Trinajstić information content (AvgIpc) is 2.40. The zero-order valence-corrected chi connectivity index (χ0v) is 12.3. The van der Waals surface area contributed by atoms with E-state index in [4.69, 9.17) is 5.11 Å². The summed E-state index contributed by atoms with van der Waals surface area (Å²) in [6, 6.07) is 0.0560. The van der Waals surface area contributed by atoms with Crippen molar-refractivity contribution in [3.8, 4) is 0 Å². The molecule has 0 radical (unpaired) electrons. The van der Waals surface area contributed by atoms with E-state index in [0.717, 1.165) is 38.6 Å². The molecule has 1 unspecified atom stereocenters. The zero-order valence-electron chi connectivity index (χ0n) is 12.3. The Balaban J connectivity index is 2.44.